The topological polar surface area (TPSA) is 37.8 Å². The van der Waals surface area contributed by atoms with Crippen LogP contribution in [0.1, 0.15) is 55.9 Å². The van der Waals surface area contributed by atoms with Gasteiger partial charge in [-0.2, -0.15) is 0 Å². The number of nitrogens with one attached hydrogen (secondary N) is 1. The van der Waals surface area contributed by atoms with Gasteiger partial charge in [-0.05, 0) is 58.2 Å². The smallest absolute Gasteiger partial charge is 0.128 e. The number of hydrogen-bond donors (Lipinski definition) is 1. The van der Waals surface area contributed by atoms with E-state index in [4.69, 9.17) is 0 Å². The van der Waals surface area contributed by atoms with Gasteiger partial charge in [0.2, 0.25) is 0 Å². The van der Waals surface area contributed by atoms with Crippen molar-refractivity contribution in [3.8, 4) is 0 Å². The molecule has 1 N–H and O–H groups in total. The van der Waals surface area contributed by atoms with E-state index in [-0.39, 0.29) is 0 Å². The Morgan fingerprint density at radius 3 is 2.11 bits per heavy atom. The average molecular weight is 249 g/mol. The van der Waals surface area contributed by atoms with E-state index >= 15 is 0 Å². The Bertz CT molecular complexity index is 338. The fourth-order valence-electron chi connectivity index (χ4n) is 2.20. The normalized spacial score (nSPS) is 10.9. The number of aromatic nitrogens is 2. The van der Waals surface area contributed by atoms with Crippen LogP contribution in [0.3, 0.4) is 0 Å². The first-order valence-corrected chi connectivity index (χ1v) is 7.22. The quantitative estimate of drug-likeness (QED) is 0.720. The van der Waals surface area contributed by atoms with Crippen molar-refractivity contribution in [2.45, 2.75) is 59.8 Å². The first-order valence-electron chi connectivity index (χ1n) is 7.22. The Morgan fingerprint density at radius 1 is 0.889 bits per heavy atom. The highest BCUT2D eigenvalue weighted by Gasteiger charge is 2.07. The standard InChI is InChI=1S/C15H27N3/c1-5-8-15-17-12(3)14(13(4)18-15)9-7-11-16-10-6-2/h16H,5-11H2,1-4H3. The van der Waals surface area contributed by atoms with E-state index in [1.165, 1.54) is 23.4 Å². The van der Waals surface area contributed by atoms with E-state index in [0.29, 0.717) is 0 Å². The zero-order valence-corrected chi connectivity index (χ0v) is 12.3. The van der Waals surface area contributed by atoms with Crippen molar-refractivity contribution in [3.05, 3.63) is 22.8 Å². The Morgan fingerprint density at radius 2 is 1.56 bits per heavy atom. The van der Waals surface area contributed by atoms with Gasteiger partial charge in [0.25, 0.3) is 0 Å². The lowest BCUT2D eigenvalue weighted by atomic mass is 10.1. The Labute approximate surface area is 111 Å². The molecular formula is C15H27N3. The first-order chi connectivity index (χ1) is 8.69. The third-order valence-corrected chi connectivity index (χ3v) is 3.15. The minimum atomic E-state index is 0.986. The molecule has 0 unspecified atom stereocenters. The van der Waals surface area contributed by atoms with Crippen molar-refractivity contribution in [1.82, 2.24) is 15.3 Å². The summed E-state index contributed by atoms with van der Waals surface area (Å²) in [6, 6.07) is 0. The molecule has 0 amide bonds. The summed E-state index contributed by atoms with van der Waals surface area (Å²) in [5, 5.41) is 3.44. The number of hydrogen-bond acceptors (Lipinski definition) is 3. The third kappa shape index (κ3) is 4.73. The second kappa shape index (κ2) is 8.20. The number of rotatable bonds is 8. The lowest BCUT2D eigenvalue weighted by Gasteiger charge is -2.11. The summed E-state index contributed by atoms with van der Waals surface area (Å²) >= 11 is 0. The van der Waals surface area contributed by atoms with Crippen LogP contribution in [0.25, 0.3) is 0 Å². The van der Waals surface area contributed by atoms with Crippen LogP contribution >= 0.6 is 0 Å². The molecule has 0 spiro atoms. The first kappa shape index (κ1) is 15.1. The summed E-state index contributed by atoms with van der Waals surface area (Å²) in [5.41, 5.74) is 3.68. The molecule has 1 heterocycles. The van der Waals surface area contributed by atoms with Crippen molar-refractivity contribution < 1.29 is 0 Å². The summed E-state index contributed by atoms with van der Waals surface area (Å²) in [5.74, 6) is 1.00. The summed E-state index contributed by atoms with van der Waals surface area (Å²) in [6.07, 6.45) is 5.55. The maximum Gasteiger partial charge on any atom is 0.128 e. The molecule has 1 aromatic rings. The lowest BCUT2D eigenvalue weighted by Crippen LogP contribution is -2.17. The van der Waals surface area contributed by atoms with Crippen molar-refractivity contribution in [2.24, 2.45) is 0 Å². The van der Waals surface area contributed by atoms with Gasteiger partial charge < -0.3 is 5.32 Å². The Balaban J connectivity index is 2.54. The van der Waals surface area contributed by atoms with Crippen LogP contribution in [0.5, 0.6) is 0 Å². The molecule has 0 aliphatic carbocycles. The van der Waals surface area contributed by atoms with Crippen LogP contribution < -0.4 is 5.32 Å². The maximum absolute atomic E-state index is 4.61. The van der Waals surface area contributed by atoms with Crippen LogP contribution in [0.2, 0.25) is 0 Å². The maximum atomic E-state index is 4.61. The van der Waals surface area contributed by atoms with E-state index < -0.39 is 0 Å². The van der Waals surface area contributed by atoms with Crippen molar-refractivity contribution in [2.75, 3.05) is 13.1 Å². The van der Waals surface area contributed by atoms with E-state index in [1.807, 2.05) is 0 Å². The Hall–Kier alpha value is -0.960. The molecule has 0 saturated carbocycles. The highest BCUT2D eigenvalue weighted by molar-refractivity contribution is 5.24. The second-order valence-corrected chi connectivity index (χ2v) is 4.89. The molecule has 1 rings (SSSR count). The van der Waals surface area contributed by atoms with Gasteiger partial charge in [-0.1, -0.05) is 13.8 Å². The van der Waals surface area contributed by atoms with E-state index in [2.05, 4.69) is 43.0 Å². The van der Waals surface area contributed by atoms with Gasteiger partial charge in [0.15, 0.2) is 0 Å². The van der Waals surface area contributed by atoms with Crippen LogP contribution in [-0.2, 0) is 12.8 Å². The fraction of sp³-hybridized carbons (Fsp3) is 0.733. The van der Waals surface area contributed by atoms with Crippen LogP contribution in [0.15, 0.2) is 0 Å². The molecule has 0 aliphatic rings. The minimum absolute atomic E-state index is 0.986. The average Bonchev–Trinajstić information content (AvgIpc) is 2.32. The number of nitrogens with zero attached hydrogens (tertiary/aromatic N) is 2. The van der Waals surface area contributed by atoms with Gasteiger partial charge >= 0.3 is 0 Å². The molecule has 0 aliphatic heterocycles. The van der Waals surface area contributed by atoms with Gasteiger partial charge in [0.05, 0.1) is 0 Å². The van der Waals surface area contributed by atoms with E-state index in [1.54, 1.807) is 0 Å². The molecule has 3 heteroatoms. The fourth-order valence-corrected chi connectivity index (χ4v) is 2.20. The summed E-state index contributed by atoms with van der Waals surface area (Å²) in [7, 11) is 0. The zero-order valence-electron chi connectivity index (χ0n) is 12.3. The summed E-state index contributed by atoms with van der Waals surface area (Å²) < 4.78 is 0. The van der Waals surface area contributed by atoms with Crippen LogP contribution in [0, 0.1) is 13.8 Å². The van der Waals surface area contributed by atoms with Crippen molar-refractivity contribution in [1.29, 1.82) is 0 Å². The molecule has 1 aromatic heterocycles. The molecule has 0 bridgehead atoms. The largest absolute Gasteiger partial charge is 0.317 e. The monoisotopic (exact) mass is 249 g/mol. The summed E-state index contributed by atoms with van der Waals surface area (Å²) in [4.78, 5) is 9.21. The molecular weight excluding hydrogens is 222 g/mol. The molecule has 0 atom stereocenters. The van der Waals surface area contributed by atoms with Crippen molar-refractivity contribution in [3.63, 3.8) is 0 Å². The third-order valence-electron chi connectivity index (χ3n) is 3.15. The predicted molar refractivity (Wildman–Crippen MR) is 77.0 cm³/mol. The highest BCUT2D eigenvalue weighted by Crippen LogP contribution is 2.13. The van der Waals surface area contributed by atoms with E-state index in [0.717, 1.165) is 44.6 Å². The van der Waals surface area contributed by atoms with Crippen molar-refractivity contribution >= 4 is 0 Å². The second-order valence-electron chi connectivity index (χ2n) is 4.89. The number of aryl methyl sites for hydroxylation is 3. The van der Waals surface area contributed by atoms with Gasteiger partial charge in [-0.3, -0.25) is 0 Å². The predicted octanol–water partition coefficient (Wildman–Crippen LogP) is 2.98. The summed E-state index contributed by atoms with van der Waals surface area (Å²) in [6.45, 7) is 10.8. The van der Waals surface area contributed by atoms with Crippen LogP contribution in [-0.4, -0.2) is 23.1 Å². The molecule has 0 fully saturated rings. The zero-order chi connectivity index (χ0) is 13.4. The minimum Gasteiger partial charge on any atom is -0.317 e. The molecule has 0 saturated heterocycles. The van der Waals surface area contributed by atoms with Gasteiger partial charge in [0, 0.05) is 17.8 Å². The molecule has 0 radical (unpaired) electrons. The lowest BCUT2D eigenvalue weighted by molar-refractivity contribution is 0.635. The Kier molecular flexibility index (Phi) is 6.88. The van der Waals surface area contributed by atoms with Gasteiger partial charge in [-0.15, -0.1) is 0 Å². The molecule has 102 valence electrons. The van der Waals surface area contributed by atoms with Gasteiger partial charge in [0.1, 0.15) is 5.82 Å². The molecule has 3 nitrogen and oxygen atoms in total. The SMILES string of the molecule is CCCNCCCc1c(C)nc(CCC)nc1C. The van der Waals surface area contributed by atoms with Crippen LogP contribution in [0.4, 0.5) is 0 Å². The van der Waals surface area contributed by atoms with Gasteiger partial charge in [-0.25, -0.2) is 9.97 Å². The van der Waals surface area contributed by atoms with E-state index in [9.17, 15) is 0 Å². The molecule has 18 heavy (non-hydrogen) atoms. The molecule has 0 aromatic carbocycles. The highest BCUT2D eigenvalue weighted by atomic mass is 14.9.